The maximum absolute atomic E-state index is 13.5. The molecule has 0 fully saturated rings. The minimum atomic E-state index is -0.916. The van der Waals surface area contributed by atoms with Crippen LogP contribution in [-0.4, -0.2) is 17.8 Å². The molecule has 2 atom stereocenters. The summed E-state index contributed by atoms with van der Waals surface area (Å²) in [5.74, 6) is -0.255. The van der Waals surface area contributed by atoms with E-state index in [-0.39, 0.29) is 17.8 Å². The number of halogens is 1. The molecule has 0 spiro atoms. The number of rotatable bonds is 5. The molecule has 0 aliphatic heterocycles. The van der Waals surface area contributed by atoms with Crippen LogP contribution in [0, 0.1) is 11.7 Å². The van der Waals surface area contributed by atoms with Crippen molar-refractivity contribution in [3.8, 4) is 0 Å². The molecule has 16 heavy (non-hydrogen) atoms. The first-order chi connectivity index (χ1) is 7.57. The van der Waals surface area contributed by atoms with Crippen LogP contribution in [0.5, 0.6) is 0 Å². The Bertz CT molecular complexity index is 325. The van der Waals surface area contributed by atoms with Crippen molar-refractivity contribution in [2.75, 3.05) is 6.61 Å². The molecule has 3 heteroatoms. The van der Waals surface area contributed by atoms with E-state index in [1.165, 1.54) is 6.07 Å². The van der Waals surface area contributed by atoms with E-state index in [2.05, 4.69) is 0 Å². The quantitative estimate of drug-likeness (QED) is 0.836. The molecule has 0 bridgehead atoms. The lowest BCUT2D eigenvalue weighted by Gasteiger charge is -2.26. The van der Waals surface area contributed by atoms with Crippen LogP contribution in [0.3, 0.4) is 0 Å². The molecule has 1 aromatic carbocycles. The smallest absolute Gasteiger partial charge is 0.129 e. The highest BCUT2D eigenvalue weighted by molar-refractivity contribution is 5.20. The first-order valence-corrected chi connectivity index (χ1v) is 5.62. The molecule has 0 saturated carbocycles. The number of ether oxygens (including phenoxy) is 1. The zero-order chi connectivity index (χ0) is 12.1. The van der Waals surface area contributed by atoms with Gasteiger partial charge < -0.3 is 9.84 Å². The lowest BCUT2D eigenvalue weighted by atomic mass is 9.95. The molecule has 2 unspecified atom stereocenters. The van der Waals surface area contributed by atoms with Gasteiger partial charge in [0.05, 0.1) is 6.10 Å². The fourth-order valence-electron chi connectivity index (χ4n) is 1.73. The first-order valence-electron chi connectivity index (χ1n) is 5.62. The van der Waals surface area contributed by atoms with E-state index >= 15 is 0 Å². The zero-order valence-corrected chi connectivity index (χ0v) is 9.98. The van der Waals surface area contributed by atoms with Gasteiger partial charge in [-0.3, -0.25) is 0 Å². The minimum absolute atomic E-state index is 0.134. The molecule has 0 aliphatic carbocycles. The summed E-state index contributed by atoms with van der Waals surface area (Å²) in [6.07, 6.45) is -1.29. The van der Waals surface area contributed by atoms with E-state index in [1.807, 2.05) is 20.8 Å². The Morgan fingerprint density at radius 2 is 1.94 bits per heavy atom. The second-order valence-corrected chi connectivity index (χ2v) is 4.13. The van der Waals surface area contributed by atoms with E-state index < -0.39 is 6.10 Å². The van der Waals surface area contributed by atoms with Crippen LogP contribution >= 0.6 is 0 Å². The van der Waals surface area contributed by atoms with Gasteiger partial charge in [-0.1, -0.05) is 32.0 Å². The molecule has 90 valence electrons. The third-order valence-electron chi connectivity index (χ3n) is 2.55. The van der Waals surface area contributed by atoms with E-state index in [0.717, 1.165) is 0 Å². The summed E-state index contributed by atoms with van der Waals surface area (Å²) in [5, 5.41) is 10.1. The summed E-state index contributed by atoms with van der Waals surface area (Å²) in [4.78, 5) is 0. The van der Waals surface area contributed by atoms with Gasteiger partial charge in [0.25, 0.3) is 0 Å². The number of benzene rings is 1. The number of hydrogen-bond acceptors (Lipinski definition) is 2. The highest BCUT2D eigenvalue weighted by atomic mass is 19.1. The summed E-state index contributed by atoms with van der Waals surface area (Å²) in [7, 11) is 0. The monoisotopic (exact) mass is 226 g/mol. The Kier molecular flexibility index (Phi) is 4.90. The third kappa shape index (κ3) is 3.03. The van der Waals surface area contributed by atoms with E-state index in [1.54, 1.807) is 18.2 Å². The SMILES string of the molecule is CCOC(C(C)C)C(O)c1ccccc1F. The van der Waals surface area contributed by atoms with Crippen LogP contribution in [0.2, 0.25) is 0 Å². The van der Waals surface area contributed by atoms with Crippen LogP contribution in [0.15, 0.2) is 24.3 Å². The normalized spacial score (nSPS) is 15.1. The Balaban J connectivity index is 2.90. The lowest BCUT2D eigenvalue weighted by Crippen LogP contribution is -2.28. The molecule has 0 saturated heterocycles. The van der Waals surface area contributed by atoms with Crippen molar-refractivity contribution < 1.29 is 14.2 Å². The highest BCUT2D eigenvalue weighted by Gasteiger charge is 2.26. The van der Waals surface area contributed by atoms with Gasteiger partial charge in [-0.15, -0.1) is 0 Å². The number of aliphatic hydroxyl groups excluding tert-OH is 1. The van der Waals surface area contributed by atoms with Gasteiger partial charge in [0.15, 0.2) is 0 Å². The van der Waals surface area contributed by atoms with Crippen molar-refractivity contribution >= 4 is 0 Å². The van der Waals surface area contributed by atoms with Crippen LogP contribution in [0.1, 0.15) is 32.4 Å². The van der Waals surface area contributed by atoms with E-state index in [9.17, 15) is 9.50 Å². The maximum Gasteiger partial charge on any atom is 0.129 e. The number of aliphatic hydroxyl groups is 1. The Morgan fingerprint density at radius 3 is 2.44 bits per heavy atom. The second kappa shape index (κ2) is 5.97. The summed E-state index contributed by atoms with van der Waals surface area (Å²) in [6, 6.07) is 6.26. The van der Waals surface area contributed by atoms with Crippen molar-refractivity contribution in [2.24, 2.45) is 5.92 Å². The Morgan fingerprint density at radius 1 is 1.31 bits per heavy atom. The van der Waals surface area contributed by atoms with Crippen molar-refractivity contribution in [2.45, 2.75) is 33.0 Å². The average molecular weight is 226 g/mol. The van der Waals surface area contributed by atoms with Crippen molar-refractivity contribution in [3.63, 3.8) is 0 Å². The average Bonchev–Trinajstić information content (AvgIpc) is 2.25. The molecular weight excluding hydrogens is 207 g/mol. The maximum atomic E-state index is 13.5. The lowest BCUT2D eigenvalue weighted by molar-refractivity contribution is -0.0597. The van der Waals surface area contributed by atoms with Crippen LogP contribution in [-0.2, 0) is 4.74 Å². The molecular formula is C13H19FO2. The molecule has 1 aromatic rings. The van der Waals surface area contributed by atoms with Gasteiger partial charge in [0.2, 0.25) is 0 Å². The summed E-state index contributed by atoms with van der Waals surface area (Å²) in [5.41, 5.74) is 0.301. The molecule has 1 N–H and O–H groups in total. The van der Waals surface area contributed by atoms with Gasteiger partial charge in [-0.2, -0.15) is 0 Å². The molecule has 0 amide bonds. The summed E-state index contributed by atoms with van der Waals surface area (Å²) < 4.78 is 18.9. The standard InChI is InChI=1S/C13H19FO2/c1-4-16-13(9(2)3)12(15)10-7-5-6-8-11(10)14/h5-9,12-13,15H,4H2,1-3H3. The molecule has 2 nitrogen and oxygen atoms in total. The Hall–Kier alpha value is -0.930. The molecule has 0 aromatic heterocycles. The first kappa shape index (κ1) is 13.1. The predicted molar refractivity (Wildman–Crippen MR) is 61.6 cm³/mol. The van der Waals surface area contributed by atoms with Crippen molar-refractivity contribution in [3.05, 3.63) is 35.6 Å². The van der Waals surface area contributed by atoms with E-state index in [4.69, 9.17) is 4.74 Å². The summed E-state index contributed by atoms with van der Waals surface area (Å²) >= 11 is 0. The van der Waals surface area contributed by atoms with Gasteiger partial charge in [-0.25, -0.2) is 4.39 Å². The fourth-order valence-corrected chi connectivity index (χ4v) is 1.73. The minimum Gasteiger partial charge on any atom is -0.386 e. The largest absolute Gasteiger partial charge is 0.386 e. The molecule has 0 aliphatic rings. The van der Waals surface area contributed by atoms with Crippen molar-refractivity contribution in [1.82, 2.24) is 0 Å². The van der Waals surface area contributed by atoms with Crippen LogP contribution in [0.4, 0.5) is 4.39 Å². The van der Waals surface area contributed by atoms with Gasteiger partial charge in [0.1, 0.15) is 11.9 Å². The zero-order valence-electron chi connectivity index (χ0n) is 9.98. The highest BCUT2D eigenvalue weighted by Crippen LogP contribution is 2.26. The molecule has 0 radical (unpaired) electrons. The second-order valence-electron chi connectivity index (χ2n) is 4.13. The number of hydrogen-bond donors (Lipinski definition) is 1. The summed E-state index contributed by atoms with van der Waals surface area (Å²) in [6.45, 7) is 6.27. The fraction of sp³-hybridized carbons (Fsp3) is 0.538. The van der Waals surface area contributed by atoms with Gasteiger partial charge >= 0.3 is 0 Å². The third-order valence-corrected chi connectivity index (χ3v) is 2.55. The van der Waals surface area contributed by atoms with Crippen molar-refractivity contribution in [1.29, 1.82) is 0 Å². The van der Waals surface area contributed by atoms with Crippen LogP contribution in [0.25, 0.3) is 0 Å². The van der Waals surface area contributed by atoms with Gasteiger partial charge in [0, 0.05) is 12.2 Å². The topological polar surface area (TPSA) is 29.5 Å². The Labute approximate surface area is 96.1 Å². The van der Waals surface area contributed by atoms with E-state index in [0.29, 0.717) is 12.2 Å². The van der Waals surface area contributed by atoms with Crippen LogP contribution < -0.4 is 0 Å². The molecule has 0 heterocycles. The predicted octanol–water partition coefficient (Wildman–Crippen LogP) is 2.92. The van der Waals surface area contributed by atoms with Gasteiger partial charge in [-0.05, 0) is 18.9 Å². The molecule has 1 rings (SSSR count).